The molecular formula is C25H23N3O2. The fourth-order valence-corrected chi connectivity index (χ4v) is 3.34. The molecule has 30 heavy (non-hydrogen) atoms. The number of aryl methyl sites for hydroxylation is 1. The third-order valence-electron chi connectivity index (χ3n) is 4.95. The fraction of sp³-hybridized carbons (Fsp3) is 0.120. The molecule has 0 unspecified atom stereocenters. The maximum atomic E-state index is 12.4. The smallest absolute Gasteiger partial charge is 0.220 e. The van der Waals surface area contributed by atoms with Crippen molar-refractivity contribution in [2.24, 2.45) is 0 Å². The van der Waals surface area contributed by atoms with Crippen molar-refractivity contribution in [2.45, 2.75) is 19.4 Å². The molecule has 3 aromatic carbocycles. The zero-order chi connectivity index (χ0) is 20.8. The number of hydrogen-bond acceptors (Lipinski definition) is 3. The summed E-state index contributed by atoms with van der Waals surface area (Å²) < 4.78 is 1.84. The molecule has 0 radical (unpaired) electrons. The van der Waals surface area contributed by atoms with Gasteiger partial charge in [-0.05, 0) is 30.2 Å². The van der Waals surface area contributed by atoms with Gasteiger partial charge in [0.15, 0.2) is 0 Å². The van der Waals surface area contributed by atoms with Crippen LogP contribution in [0.3, 0.4) is 0 Å². The minimum absolute atomic E-state index is 0.0651. The zero-order valence-corrected chi connectivity index (χ0v) is 16.5. The molecule has 1 heterocycles. The van der Waals surface area contributed by atoms with Gasteiger partial charge in [-0.25, -0.2) is 4.68 Å². The van der Waals surface area contributed by atoms with Gasteiger partial charge in [0, 0.05) is 30.3 Å². The van der Waals surface area contributed by atoms with Crippen LogP contribution in [0.25, 0.3) is 16.9 Å². The average molecular weight is 397 g/mol. The molecule has 0 saturated carbocycles. The second-order valence-electron chi connectivity index (χ2n) is 7.05. The van der Waals surface area contributed by atoms with E-state index in [-0.39, 0.29) is 11.7 Å². The standard InChI is InChI=1S/C25H23N3O2/c29-23-14-8-7-9-19(23)15-16-24(30)26-17-21-18-28(22-12-5-2-6-13-22)27-25(21)20-10-3-1-4-11-20/h1-14,18,29H,15-17H2,(H,26,30). The molecule has 0 aliphatic rings. The lowest BCUT2D eigenvalue weighted by Crippen LogP contribution is -2.23. The zero-order valence-electron chi connectivity index (χ0n) is 16.5. The first kappa shape index (κ1) is 19.5. The van der Waals surface area contributed by atoms with Gasteiger partial charge in [-0.15, -0.1) is 0 Å². The van der Waals surface area contributed by atoms with Gasteiger partial charge in [-0.1, -0.05) is 66.7 Å². The third-order valence-corrected chi connectivity index (χ3v) is 4.95. The second-order valence-corrected chi connectivity index (χ2v) is 7.05. The van der Waals surface area contributed by atoms with E-state index < -0.39 is 0 Å². The van der Waals surface area contributed by atoms with E-state index in [1.807, 2.05) is 83.7 Å². The van der Waals surface area contributed by atoms with Crippen molar-refractivity contribution in [2.75, 3.05) is 0 Å². The number of aromatic hydroxyl groups is 1. The van der Waals surface area contributed by atoms with Crippen LogP contribution in [0.15, 0.2) is 91.1 Å². The van der Waals surface area contributed by atoms with E-state index >= 15 is 0 Å². The molecular weight excluding hydrogens is 374 g/mol. The number of para-hydroxylation sites is 2. The first-order valence-corrected chi connectivity index (χ1v) is 9.93. The van der Waals surface area contributed by atoms with Crippen LogP contribution in [0, 0.1) is 0 Å². The lowest BCUT2D eigenvalue weighted by atomic mass is 10.1. The number of amides is 1. The van der Waals surface area contributed by atoms with Gasteiger partial charge in [0.1, 0.15) is 5.75 Å². The Bertz CT molecular complexity index is 1120. The number of nitrogens with one attached hydrogen (secondary N) is 1. The first-order chi connectivity index (χ1) is 14.7. The number of rotatable bonds is 7. The molecule has 0 bridgehead atoms. The van der Waals surface area contributed by atoms with Crippen LogP contribution in [-0.2, 0) is 17.8 Å². The molecule has 0 aliphatic carbocycles. The third kappa shape index (κ3) is 4.58. The van der Waals surface area contributed by atoms with Crippen molar-refractivity contribution in [3.8, 4) is 22.7 Å². The van der Waals surface area contributed by atoms with Crippen LogP contribution in [0.4, 0.5) is 0 Å². The molecule has 0 fully saturated rings. The van der Waals surface area contributed by atoms with Crippen molar-refractivity contribution in [3.63, 3.8) is 0 Å². The van der Waals surface area contributed by atoms with Crippen LogP contribution in [0.1, 0.15) is 17.5 Å². The van der Waals surface area contributed by atoms with E-state index in [1.54, 1.807) is 12.1 Å². The quantitative estimate of drug-likeness (QED) is 0.483. The number of benzene rings is 3. The molecule has 1 amide bonds. The number of hydrogen-bond donors (Lipinski definition) is 2. The molecule has 4 rings (SSSR count). The van der Waals surface area contributed by atoms with Crippen molar-refractivity contribution in [1.82, 2.24) is 15.1 Å². The van der Waals surface area contributed by atoms with Gasteiger partial charge in [0.2, 0.25) is 5.91 Å². The molecule has 5 heteroatoms. The van der Waals surface area contributed by atoms with Crippen LogP contribution in [0.5, 0.6) is 5.75 Å². The van der Waals surface area contributed by atoms with E-state index in [0.717, 1.165) is 28.1 Å². The Morgan fingerprint density at radius 2 is 1.53 bits per heavy atom. The van der Waals surface area contributed by atoms with Gasteiger partial charge in [0.25, 0.3) is 0 Å². The maximum Gasteiger partial charge on any atom is 0.220 e. The van der Waals surface area contributed by atoms with Gasteiger partial charge in [-0.2, -0.15) is 5.10 Å². The van der Waals surface area contributed by atoms with Crippen molar-refractivity contribution in [3.05, 3.63) is 102 Å². The number of carbonyl (C=O) groups excluding carboxylic acids is 1. The summed E-state index contributed by atoms with van der Waals surface area (Å²) in [4.78, 5) is 12.4. The van der Waals surface area contributed by atoms with Crippen molar-refractivity contribution < 1.29 is 9.90 Å². The highest BCUT2D eigenvalue weighted by atomic mass is 16.3. The number of phenols is 1. The summed E-state index contributed by atoms with van der Waals surface area (Å²) in [6, 6.07) is 27.0. The SMILES string of the molecule is O=C(CCc1ccccc1O)NCc1cn(-c2ccccc2)nc1-c1ccccc1. The molecule has 150 valence electrons. The van der Waals surface area contributed by atoms with E-state index in [2.05, 4.69) is 5.32 Å². The molecule has 2 N–H and O–H groups in total. The van der Waals surface area contributed by atoms with Crippen molar-refractivity contribution >= 4 is 5.91 Å². The predicted molar refractivity (Wildman–Crippen MR) is 117 cm³/mol. The largest absolute Gasteiger partial charge is 0.508 e. The Kier molecular flexibility index (Phi) is 5.90. The summed E-state index contributed by atoms with van der Waals surface area (Å²) >= 11 is 0. The Hall–Kier alpha value is -3.86. The molecule has 0 atom stereocenters. The van der Waals surface area contributed by atoms with Gasteiger partial charge in [0.05, 0.1) is 11.4 Å². The monoisotopic (exact) mass is 397 g/mol. The van der Waals surface area contributed by atoms with E-state index in [4.69, 9.17) is 5.10 Å². The lowest BCUT2D eigenvalue weighted by Gasteiger charge is -2.07. The topological polar surface area (TPSA) is 67.2 Å². The number of phenolic OH excluding ortho intramolecular Hbond substituents is 1. The van der Waals surface area contributed by atoms with Crippen molar-refractivity contribution in [1.29, 1.82) is 0 Å². The van der Waals surface area contributed by atoms with Gasteiger partial charge in [-0.3, -0.25) is 4.79 Å². The molecule has 0 saturated heterocycles. The molecule has 5 nitrogen and oxygen atoms in total. The summed E-state index contributed by atoms with van der Waals surface area (Å²) in [7, 11) is 0. The number of aromatic nitrogens is 2. The van der Waals surface area contributed by atoms with Gasteiger partial charge < -0.3 is 10.4 Å². The lowest BCUT2D eigenvalue weighted by molar-refractivity contribution is -0.121. The van der Waals surface area contributed by atoms with Crippen LogP contribution >= 0.6 is 0 Å². The summed E-state index contributed by atoms with van der Waals surface area (Å²) in [6.45, 7) is 0.386. The summed E-state index contributed by atoms with van der Waals surface area (Å²) in [5.41, 5.74) is 4.54. The number of nitrogens with zero attached hydrogens (tertiary/aromatic N) is 2. The Balaban J connectivity index is 1.49. The Morgan fingerprint density at radius 3 is 2.27 bits per heavy atom. The molecule has 1 aromatic heterocycles. The van der Waals surface area contributed by atoms with E-state index in [0.29, 0.717) is 19.4 Å². The normalized spacial score (nSPS) is 10.7. The summed E-state index contributed by atoms with van der Waals surface area (Å²) in [5.74, 6) is 0.158. The second kappa shape index (κ2) is 9.09. The highest BCUT2D eigenvalue weighted by Crippen LogP contribution is 2.24. The van der Waals surface area contributed by atoms with E-state index in [9.17, 15) is 9.90 Å². The number of carbonyl (C=O) groups is 1. The maximum absolute atomic E-state index is 12.4. The Labute approximate surface area is 175 Å². The van der Waals surface area contributed by atoms with E-state index in [1.165, 1.54) is 0 Å². The minimum Gasteiger partial charge on any atom is -0.508 e. The first-order valence-electron chi connectivity index (χ1n) is 9.93. The van der Waals surface area contributed by atoms with Gasteiger partial charge >= 0.3 is 0 Å². The molecule has 0 aliphatic heterocycles. The summed E-state index contributed by atoms with van der Waals surface area (Å²) in [6.07, 6.45) is 2.76. The molecule has 0 spiro atoms. The highest BCUT2D eigenvalue weighted by molar-refractivity contribution is 5.76. The summed E-state index contributed by atoms with van der Waals surface area (Å²) in [5, 5.41) is 17.6. The highest BCUT2D eigenvalue weighted by Gasteiger charge is 2.13. The van der Waals surface area contributed by atoms with Crippen LogP contribution in [-0.4, -0.2) is 20.8 Å². The predicted octanol–water partition coefficient (Wildman–Crippen LogP) is 4.49. The molecule has 4 aromatic rings. The Morgan fingerprint density at radius 1 is 0.867 bits per heavy atom. The van der Waals surface area contributed by atoms with Crippen LogP contribution < -0.4 is 5.32 Å². The van der Waals surface area contributed by atoms with Crippen LogP contribution in [0.2, 0.25) is 0 Å². The minimum atomic E-state index is -0.0651. The fourth-order valence-electron chi connectivity index (χ4n) is 3.34. The average Bonchev–Trinajstić information content (AvgIpc) is 3.23.